The van der Waals surface area contributed by atoms with E-state index in [1.54, 1.807) is 11.3 Å². The second-order valence-corrected chi connectivity index (χ2v) is 6.64. The average Bonchev–Trinajstić information content (AvgIpc) is 3.18. The highest BCUT2D eigenvalue weighted by atomic mass is 32.1. The van der Waals surface area contributed by atoms with Crippen LogP contribution in [0.3, 0.4) is 0 Å². The molecule has 4 heteroatoms. The maximum Gasteiger partial charge on any atom is 0.142 e. The van der Waals surface area contributed by atoms with Gasteiger partial charge in [0.25, 0.3) is 0 Å². The van der Waals surface area contributed by atoms with Gasteiger partial charge in [-0.2, -0.15) is 0 Å². The standard InChI is InChI=1S/C16H21N3S/c1-4-17-9-13-15(12-5-6-12)19-16(20-13)14-11(3)7-10(2)8-18-14/h7-8,12,17H,4-6,9H2,1-3H3. The van der Waals surface area contributed by atoms with Gasteiger partial charge in [-0.25, -0.2) is 4.98 Å². The van der Waals surface area contributed by atoms with Gasteiger partial charge in [0.05, 0.1) is 5.69 Å². The van der Waals surface area contributed by atoms with Crippen molar-refractivity contribution in [2.24, 2.45) is 0 Å². The average molecular weight is 287 g/mol. The SMILES string of the molecule is CCNCc1sc(-c2ncc(C)cc2C)nc1C1CC1. The van der Waals surface area contributed by atoms with Crippen molar-refractivity contribution >= 4 is 11.3 Å². The Kier molecular flexibility index (Phi) is 3.85. The number of aryl methyl sites for hydroxylation is 2. The van der Waals surface area contributed by atoms with Crippen LogP contribution in [0.25, 0.3) is 10.7 Å². The maximum absolute atomic E-state index is 4.90. The van der Waals surface area contributed by atoms with E-state index in [4.69, 9.17) is 4.98 Å². The topological polar surface area (TPSA) is 37.8 Å². The second-order valence-electron chi connectivity index (χ2n) is 5.56. The fourth-order valence-corrected chi connectivity index (χ4v) is 3.62. The monoisotopic (exact) mass is 287 g/mol. The van der Waals surface area contributed by atoms with E-state index in [0.29, 0.717) is 5.92 Å². The Morgan fingerprint density at radius 2 is 2.15 bits per heavy atom. The molecule has 2 aromatic rings. The lowest BCUT2D eigenvalue weighted by atomic mass is 10.2. The van der Waals surface area contributed by atoms with Crippen molar-refractivity contribution in [2.45, 2.75) is 46.1 Å². The molecule has 1 N–H and O–H groups in total. The fraction of sp³-hybridized carbons (Fsp3) is 0.500. The summed E-state index contributed by atoms with van der Waals surface area (Å²) in [7, 11) is 0. The molecule has 20 heavy (non-hydrogen) atoms. The first kappa shape index (κ1) is 13.7. The first-order valence-corrected chi connectivity index (χ1v) is 8.14. The number of hydrogen-bond acceptors (Lipinski definition) is 4. The van der Waals surface area contributed by atoms with E-state index in [1.807, 2.05) is 6.20 Å². The van der Waals surface area contributed by atoms with E-state index in [2.05, 4.69) is 37.1 Å². The number of rotatable bonds is 5. The van der Waals surface area contributed by atoms with Crippen LogP contribution >= 0.6 is 11.3 Å². The molecule has 2 aromatic heterocycles. The Hall–Kier alpha value is -1.26. The van der Waals surface area contributed by atoms with Crippen LogP contribution in [0.1, 0.15) is 47.4 Å². The molecule has 0 atom stereocenters. The van der Waals surface area contributed by atoms with Crippen molar-refractivity contribution in [2.75, 3.05) is 6.54 Å². The molecule has 3 rings (SSSR count). The lowest BCUT2D eigenvalue weighted by Crippen LogP contribution is -2.11. The van der Waals surface area contributed by atoms with Gasteiger partial charge in [-0.15, -0.1) is 11.3 Å². The molecule has 0 radical (unpaired) electrons. The molecule has 106 valence electrons. The number of nitrogens with one attached hydrogen (secondary N) is 1. The normalized spacial score (nSPS) is 14.8. The Morgan fingerprint density at radius 3 is 2.80 bits per heavy atom. The van der Waals surface area contributed by atoms with Gasteiger partial charge in [0, 0.05) is 23.5 Å². The van der Waals surface area contributed by atoms with Crippen molar-refractivity contribution in [1.82, 2.24) is 15.3 Å². The van der Waals surface area contributed by atoms with Crippen LogP contribution in [-0.4, -0.2) is 16.5 Å². The summed E-state index contributed by atoms with van der Waals surface area (Å²) in [5, 5.41) is 4.51. The molecule has 0 saturated heterocycles. The first-order chi connectivity index (χ1) is 9.69. The van der Waals surface area contributed by atoms with Crippen LogP contribution in [0.4, 0.5) is 0 Å². The lowest BCUT2D eigenvalue weighted by molar-refractivity contribution is 0.727. The third kappa shape index (κ3) is 2.76. The molecular formula is C16H21N3S. The van der Waals surface area contributed by atoms with Gasteiger partial charge < -0.3 is 5.32 Å². The van der Waals surface area contributed by atoms with E-state index in [9.17, 15) is 0 Å². The Labute approximate surface area is 124 Å². The van der Waals surface area contributed by atoms with E-state index >= 15 is 0 Å². The van der Waals surface area contributed by atoms with Crippen LogP contribution in [0.2, 0.25) is 0 Å². The van der Waals surface area contributed by atoms with Crippen LogP contribution in [-0.2, 0) is 6.54 Å². The summed E-state index contributed by atoms with van der Waals surface area (Å²) in [5.74, 6) is 0.694. The minimum absolute atomic E-state index is 0.694. The molecule has 3 nitrogen and oxygen atoms in total. The number of thiazole rings is 1. The number of nitrogens with zero attached hydrogens (tertiary/aromatic N) is 2. The second kappa shape index (κ2) is 5.62. The number of aromatic nitrogens is 2. The van der Waals surface area contributed by atoms with E-state index < -0.39 is 0 Å². The molecule has 0 unspecified atom stereocenters. The molecule has 0 bridgehead atoms. The maximum atomic E-state index is 4.90. The Balaban J connectivity index is 1.96. The van der Waals surface area contributed by atoms with Gasteiger partial charge in [0.2, 0.25) is 0 Å². The van der Waals surface area contributed by atoms with Crippen molar-refractivity contribution in [1.29, 1.82) is 0 Å². The molecule has 0 amide bonds. The van der Waals surface area contributed by atoms with Gasteiger partial charge in [-0.3, -0.25) is 4.98 Å². The van der Waals surface area contributed by atoms with Gasteiger partial charge in [0.15, 0.2) is 0 Å². The number of pyridine rings is 1. The lowest BCUT2D eigenvalue weighted by Gasteiger charge is -2.01. The smallest absolute Gasteiger partial charge is 0.142 e. The highest BCUT2D eigenvalue weighted by Gasteiger charge is 2.30. The molecule has 1 fully saturated rings. The summed E-state index contributed by atoms with van der Waals surface area (Å²) in [4.78, 5) is 10.9. The third-order valence-corrected chi connectivity index (χ3v) is 4.72. The van der Waals surface area contributed by atoms with E-state index in [1.165, 1.54) is 34.5 Å². The zero-order valence-electron chi connectivity index (χ0n) is 12.4. The number of hydrogen-bond donors (Lipinski definition) is 1. The largest absolute Gasteiger partial charge is 0.312 e. The van der Waals surface area contributed by atoms with Gasteiger partial charge in [-0.1, -0.05) is 13.0 Å². The van der Waals surface area contributed by atoms with Gasteiger partial charge in [0.1, 0.15) is 10.7 Å². The predicted octanol–water partition coefficient (Wildman–Crippen LogP) is 3.81. The van der Waals surface area contributed by atoms with Crippen molar-refractivity contribution in [3.63, 3.8) is 0 Å². The van der Waals surface area contributed by atoms with Crippen LogP contribution in [0, 0.1) is 13.8 Å². The molecule has 1 saturated carbocycles. The van der Waals surface area contributed by atoms with Gasteiger partial charge >= 0.3 is 0 Å². The van der Waals surface area contributed by atoms with Crippen LogP contribution in [0.5, 0.6) is 0 Å². The fourth-order valence-electron chi connectivity index (χ4n) is 2.44. The highest BCUT2D eigenvalue weighted by Crippen LogP contribution is 2.44. The Morgan fingerprint density at radius 1 is 1.35 bits per heavy atom. The quantitative estimate of drug-likeness (QED) is 0.908. The minimum atomic E-state index is 0.694. The summed E-state index contributed by atoms with van der Waals surface area (Å²) in [5.41, 5.74) is 4.78. The van der Waals surface area contributed by atoms with Crippen LogP contribution in [0.15, 0.2) is 12.3 Å². The van der Waals surface area contributed by atoms with E-state index in [-0.39, 0.29) is 0 Å². The summed E-state index contributed by atoms with van der Waals surface area (Å²) in [6.07, 6.45) is 4.52. The summed E-state index contributed by atoms with van der Waals surface area (Å²) in [6, 6.07) is 2.19. The summed E-state index contributed by atoms with van der Waals surface area (Å²) < 4.78 is 0. The molecule has 0 spiro atoms. The predicted molar refractivity (Wildman–Crippen MR) is 84.2 cm³/mol. The van der Waals surface area contributed by atoms with Crippen molar-refractivity contribution in [3.8, 4) is 10.7 Å². The zero-order valence-corrected chi connectivity index (χ0v) is 13.2. The van der Waals surface area contributed by atoms with Crippen LogP contribution < -0.4 is 5.32 Å². The highest BCUT2D eigenvalue weighted by molar-refractivity contribution is 7.15. The van der Waals surface area contributed by atoms with Crippen molar-refractivity contribution < 1.29 is 0 Å². The molecule has 0 aliphatic heterocycles. The first-order valence-electron chi connectivity index (χ1n) is 7.33. The Bertz CT molecular complexity index is 614. The molecule has 2 heterocycles. The van der Waals surface area contributed by atoms with E-state index in [0.717, 1.165) is 23.8 Å². The summed E-state index contributed by atoms with van der Waals surface area (Å²) >= 11 is 1.80. The molecule has 1 aliphatic carbocycles. The zero-order chi connectivity index (χ0) is 14.1. The molecule has 1 aliphatic rings. The minimum Gasteiger partial charge on any atom is -0.312 e. The third-order valence-electron chi connectivity index (χ3n) is 3.64. The van der Waals surface area contributed by atoms with Crippen molar-refractivity contribution in [3.05, 3.63) is 34.0 Å². The van der Waals surface area contributed by atoms with Gasteiger partial charge in [-0.05, 0) is 44.4 Å². The molecule has 0 aromatic carbocycles. The summed E-state index contributed by atoms with van der Waals surface area (Å²) in [6.45, 7) is 8.28. The molecular weight excluding hydrogens is 266 g/mol.